The van der Waals surface area contributed by atoms with E-state index in [0.717, 1.165) is 25.7 Å². The van der Waals surface area contributed by atoms with Gasteiger partial charge in [0.15, 0.2) is 25.2 Å². The molecule has 0 amide bonds. The second kappa shape index (κ2) is 24.1. The topological polar surface area (TPSA) is 413 Å². The Balaban J connectivity index is 0.871. The molecule has 9 fully saturated rings. The number of fused-ring (bicyclic) bond motifs is 7. The highest BCUT2D eigenvalue weighted by Crippen LogP contribution is 2.76. The molecule has 0 aromatic rings. The summed E-state index contributed by atoms with van der Waals surface area (Å²) < 4.78 is 60.2. The summed E-state index contributed by atoms with van der Waals surface area (Å²) in [5, 5.41) is 160. The molecule has 4 saturated carbocycles. The highest BCUT2D eigenvalue weighted by atomic mass is 16.8. The molecule has 31 atom stereocenters. The van der Waals surface area contributed by atoms with Gasteiger partial charge in [-0.2, -0.15) is 0 Å². The van der Waals surface area contributed by atoms with Crippen LogP contribution in [0.3, 0.4) is 0 Å². The lowest BCUT2D eigenvalue weighted by atomic mass is 9.33. The van der Waals surface area contributed by atoms with E-state index in [4.69, 9.17) is 47.4 Å². The van der Waals surface area contributed by atoms with Gasteiger partial charge in [-0.25, -0.2) is 0 Å². The molecule has 5 saturated heterocycles. The number of hydrogen-bond acceptors (Lipinski definition) is 26. The lowest BCUT2D eigenvalue weighted by Gasteiger charge is -2.71. The number of ether oxygens (including phenoxy) is 10. The Hall–Kier alpha value is -1.75. The molecule has 26 heteroatoms. The fourth-order valence-electron chi connectivity index (χ4n) is 17.3. The molecule has 10 aliphatic rings. The fourth-order valence-corrected chi connectivity index (χ4v) is 17.3. The molecule has 5 heterocycles. The van der Waals surface area contributed by atoms with Crippen LogP contribution in [0.4, 0.5) is 0 Å². The van der Waals surface area contributed by atoms with Crippen LogP contribution in [0.15, 0.2) is 11.6 Å². The van der Waals surface area contributed by atoms with E-state index in [9.17, 15) is 76.6 Å². The van der Waals surface area contributed by atoms with Gasteiger partial charge in [-0.05, 0) is 109 Å². The molecule has 0 aromatic heterocycles. The van der Waals surface area contributed by atoms with Crippen LogP contribution >= 0.6 is 0 Å². The maximum Gasteiger partial charge on any atom is 0.315 e. The van der Waals surface area contributed by atoms with Crippen LogP contribution in [0.2, 0.25) is 0 Å². The van der Waals surface area contributed by atoms with Gasteiger partial charge in [0, 0.05) is 0 Å². The zero-order valence-corrected chi connectivity index (χ0v) is 49.0. The minimum Gasteiger partial charge on any atom is -0.432 e. The number of esters is 1. The maximum absolute atomic E-state index is 15.2. The van der Waals surface area contributed by atoms with Gasteiger partial charge in [-0.3, -0.25) is 4.79 Å². The summed E-state index contributed by atoms with van der Waals surface area (Å²) in [6.07, 6.45) is -28.7. The summed E-state index contributed by atoms with van der Waals surface area (Å²) >= 11 is 0. The van der Waals surface area contributed by atoms with Crippen LogP contribution in [-0.4, -0.2) is 263 Å². The number of aliphatic hydroxyl groups excluding tert-OH is 15. The summed E-state index contributed by atoms with van der Waals surface area (Å²) in [4.78, 5) is 15.2. The Morgan fingerprint density at radius 3 is 1.74 bits per heavy atom. The molecule has 5 aliphatic heterocycles. The number of allylic oxidation sites excluding steroid dienone is 2. The molecular formula is C58H94O26. The van der Waals surface area contributed by atoms with Crippen molar-refractivity contribution in [2.75, 3.05) is 33.0 Å². The van der Waals surface area contributed by atoms with Crippen molar-refractivity contribution in [1.29, 1.82) is 0 Å². The molecule has 26 nitrogen and oxygen atoms in total. The van der Waals surface area contributed by atoms with E-state index < -0.39 is 191 Å². The van der Waals surface area contributed by atoms with Crippen molar-refractivity contribution in [3.63, 3.8) is 0 Å². The third-order valence-electron chi connectivity index (χ3n) is 22.7. The van der Waals surface area contributed by atoms with Gasteiger partial charge in [0.25, 0.3) is 0 Å². The minimum atomic E-state index is -1.85. The summed E-state index contributed by atoms with van der Waals surface area (Å²) in [5.74, 6) is -0.590. The third kappa shape index (κ3) is 11.0. The standard InChI is InChI=1S/C58H94O26/c1-53(2)14-16-58(52(74)84-50-44(73)40(69)37(66)30(80-50)23-77-47-42(71)38(67)35(64)28(19-59)78-47)17-15-56(6)24(25(58)18-53)8-9-32-55(5)12-11-33(54(3,4)31(55)10-13-57(32,56)7)81-51-46(83-48-41(70)34(63)26(61)21-75-48)45(27(62)22-76-51)82-49-43(72)39(68)36(65)29(20-60)79-49/h8,25-51,59-73H,9-23H2,1-7H3/t25-,26+,27-,28+,29+,30+,31-,32+,33-,34-,35+,36+,37+,38-,39-,40-,41+,42+,43+,44+,45-,46+,47+,48-,49-,50-,51-,55-,56+,57+,58-/m0/s1. The van der Waals surface area contributed by atoms with Gasteiger partial charge in [0.2, 0.25) is 6.29 Å². The van der Waals surface area contributed by atoms with Crippen LogP contribution in [0.5, 0.6) is 0 Å². The normalized spacial score (nSPS) is 53.7. The lowest BCUT2D eigenvalue weighted by Crippen LogP contribution is -2.67. The van der Waals surface area contributed by atoms with Crippen molar-refractivity contribution >= 4 is 5.97 Å². The predicted molar refractivity (Wildman–Crippen MR) is 283 cm³/mol. The van der Waals surface area contributed by atoms with Gasteiger partial charge in [0.05, 0.1) is 44.6 Å². The van der Waals surface area contributed by atoms with Gasteiger partial charge in [-0.15, -0.1) is 0 Å². The highest BCUT2D eigenvalue weighted by molar-refractivity contribution is 5.79. The van der Waals surface area contributed by atoms with Crippen LogP contribution in [0, 0.1) is 50.2 Å². The number of carbonyl (C=O) groups excluding carboxylic acids is 1. The first-order valence-corrected chi connectivity index (χ1v) is 30.2. The van der Waals surface area contributed by atoms with Gasteiger partial charge in [0.1, 0.15) is 110 Å². The molecule has 15 N–H and O–H groups in total. The van der Waals surface area contributed by atoms with E-state index in [-0.39, 0.29) is 46.0 Å². The van der Waals surface area contributed by atoms with E-state index in [1.165, 1.54) is 5.57 Å². The van der Waals surface area contributed by atoms with E-state index in [0.29, 0.717) is 38.5 Å². The monoisotopic (exact) mass is 1210 g/mol. The fraction of sp³-hybridized carbons (Fsp3) is 0.948. The Morgan fingerprint density at radius 1 is 0.536 bits per heavy atom. The van der Waals surface area contributed by atoms with Crippen molar-refractivity contribution in [2.24, 2.45) is 50.2 Å². The summed E-state index contributed by atoms with van der Waals surface area (Å²) in [7, 11) is 0. The van der Waals surface area contributed by atoms with Crippen LogP contribution in [0.25, 0.3) is 0 Å². The molecule has 5 aliphatic carbocycles. The molecule has 0 radical (unpaired) electrons. The number of rotatable bonds is 13. The van der Waals surface area contributed by atoms with E-state index >= 15 is 4.79 Å². The molecular weight excluding hydrogens is 1110 g/mol. The van der Waals surface area contributed by atoms with Crippen molar-refractivity contribution in [3.8, 4) is 0 Å². The second-order valence-electron chi connectivity index (χ2n) is 28.2. The Labute approximate surface area is 488 Å². The van der Waals surface area contributed by atoms with Crippen LogP contribution in [0.1, 0.15) is 113 Å². The lowest BCUT2D eigenvalue weighted by molar-refractivity contribution is -0.384. The molecule has 10 rings (SSSR count). The van der Waals surface area contributed by atoms with Crippen molar-refractivity contribution < 1.29 is 129 Å². The zero-order chi connectivity index (χ0) is 61.1. The van der Waals surface area contributed by atoms with E-state index in [1.54, 1.807) is 0 Å². The van der Waals surface area contributed by atoms with Crippen LogP contribution < -0.4 is 0 Å². The smallest absolute Gasteiger partial charge is 0.315 e. The molecule has 0 unspecified atom stereocenters. The Kier molecular flexibility index (Phi) is 18.7. The van der Waals surface area contributed by atoms with Gasteiger partial charge in [-0.1, -0.05) is 60.1 Å². The number of carbonyl (C=O) groups is 1. The number of hydrogen-bond donors (Lipinski definition) is 15. The quantitative estimate of drug-likeness (QED) is 0.0499. The van der Waals surface area contributed by atoms with Gasteiger partial charge < -0.3 is 124 Å². The molecule has 482 valence electrons. The van der Waals surface area contributed by atoms with Crippen molar-refractivity contribution in [3.05, 3.63) is 11.6 Å². The SMILES string of the molecule is CC1(C)CC[C@]2(C(=O)O[C@@H]3O[C@H](CO[C@@H]4O[C@H](CO)[C@@H](O)[C@H](O)[C@H]4O)[C@@H](O)[C@H](O)[C@H]3O)CC[C@]3(C)C(=CC[C@@H]4[C@@]5(C)CC[C@H](O[C@@H]6OC[C@H](O)[C@H](O[C@@H]7O[C@H](CO)[C@@H](O)[C@H](O)[C@H]7O)[C@H]6O[C@@H]6OC[C@@H](O)[C@H](O)[C@H]6O)C(C)(C)[C@@H]5CC[C@]43C)[C@@H]2C1. The summed E-state index contributed by atoms with van der Waals surface area (Å²) in [6.45, 7) is 13.1. The first kappa shape index (κ1) is 65.2. The van der Waals surface area contributed by atoms with Crippen molar-refractivity contribution in [1.82, 2.24) is 0 Å². The average molecular weight is 1210 g/mol. The third-order valence-corrected chi connectivity index (χ3v) is 22.7. The Bertz CT molecular complexity index is 2330. The Morgan fingerprint density at radius 2 is 1.08 bits per heavy atom. The summed E-state index contributed by atoms with van der Waals surface area (Å²) in [5.41, 5.74) is -1.39. The van der Waals surface area contributed by atoms with Crippen molar-refractivity contribution in [2.45, 2.75) is 260 Å². The highest BCUT2D eigenvalue weighted by Gasteiger charge is 2.70. The van der Waals surface area contributed by atoms with E-state index in [1.807, 2.05) is 0 Å². The molecule has 0 aromatic carbocycles. The average Bonchev–Trinajstić information content (AvgIpc) is 0.731. The maximum atomic E-state index is 15.2. The molecule has 0 bridgehead atoms. The first-order valence-electron chi connectivity index (χ1n) is 30.2. The first-order chi connectivity index (χ1) is 39.4. The minimum absolute atomic E-state index is 0.0868. The number of aliphatic hydroxyl groups is 15. The van der Waals surface area contributed by atoms with Crippen LogP contribution in [-0.2, 0) is 52.2 Å². The molecule has 0 spiro atoms. The van der Waals surface area contributed by atoms with E-state index in [2.05, 4.69) is 54.5 Å². The zero-order valence-electron chi connectivity index (χ0n) is 49.0. The second-order valence-corrected chi connectivity index (χ2v) is 28.2. The molecule has 84 heavy (non-hydrogen) atoms. The van der Waals surface area contributed by atoms with Gasteiger partial charge >= 0.3 is 5.97 Å². The summed E-state index contributed by atoms with van der Waals surface area (Å²) in [6, 6.07) is 0. The predicted octanol–water partition coefficient (Wildman–Crippen LogP) is -2.93. The largest absolute Gasteiger partial charge is 0.432 e.